The molecule has 0 bridgehead atoms. The number of carbonyl (C=O) groups excluding carboxylic acids is 1. The highest BCUT2D eigenvalue weighted by Gasteiger charge is 2.23. The first kappa shape index (κ1) is 17.7. The van der Waals surface area contributed by atoms with E-state index in [0.29, 0.717) is 22.3 Å². The smallest absolute Gasteiger partial charge is 0.253 e. The second-order valence-electron chi connectivity index (χ2n) is 7.05. The highest BCUT2D eigenvalue weighted by molar-refractivity contribution is 6.31. The van der Waals surface area contributed by atoms with Crippen molar-refractivity contribution < 1.29 is 4.79 Å². The SMILES string of the molecule is Cc1ccc(Nc2cc(C(C)C)c(C(=O)NCC3CC3)cn2)cc1Cl. The quantitative estimate of drug-likeness (QED) is 0.760. The molecule has 1 aromatic carbocycles. The zero-order valence-corrected chi connectivity index (χ0v) is 15.7. The van der Waals surface area contributed by atoms with Crippen LogP contribution in [0.2, 0.25) is 5.02 Å². The number of benzene rings is 1. The van der Waals surface area contributed by atoms with E-state index in [-0.39, 0.29) is 11.8 Å². The van der Waals surface area contributed by atoms with E-state index in [2.05, 4.69) is 29.5 Å². The molecular formula is C20H24ClN3O. The van der Waals surface area contributed by atoms with Crippen molar-refractivity contribution in [2.45, 2.75) is 39.5 Å². The van der Waals surface area contributed by atoms with E-state index in [1.54, 1.807) is 6.20 Å². The maximum Gasteiger partial charge on any atom is 0.253 e. The number of rotatable bonds is 6. The number of hydrogen-bond acceptors (Lipinski definition) is 3. The standard InChI is InChI=1S/C20H24ClN3O/c1-12(2)16-9-19(24-15-7-4-13(3)18(21)8-15)22-11-17(16)20(25)23-10-14-5-6-14/h4,7-9,11-12,14H,5-6,10H2,1-3H3,(H,22,24)(H,23,25). The summed E-state index contributed by atoms with van der Waals surface area (Å²) in [6, 6.07) is 7.76. The first-order valence-corrected chi connectivity index (χ1v) is 9.13. The van der Waals surface area contributed by atoms with E-state index < -0.39 is 0 Å². The number of aromatic nitrogens is 1. The molecule has 2 N–H and O–H groups in total. The average molecular weight is 358 g/mol. The van der Waals surface area contributed by atoms with E-state index in [9.17, 15) is 4.79 Å². The van der Waals surface area contributed by atoms with Crippen LogP contribution in [-0.4, -0.2) is 17.4 Å². The van der Waals surface area contributed by atoms with Crippen molar-refractivity contribution in [3.8, 4) is 0 Å². The third-order valence-corrected chi connectivity index (χ3v) is 4.90. The lowest BCUT2D eigenvalue weighted by atomic mass is 9.98. The number of nitrogens with zero attached hydrogens (tertiary/aromatic N) is 1. The summed E-state index contributed by atoms with van der Waals surface area (Å²) in [5.41, 5.74) is 3.56. The van der Waals surface area contributed by atoms with Gasteiger partial charge in [0, 0.05) is 23.5 Å². The summed E-state index contributed by atoms with van der Waals surface area (Å²) in [7, 11) is 0. The van der Waals surface area contributed by atoms with Crippen molar-refractivity contribution in [1.82, 2.24) is 10.3 Å². The minimum Gasteiger partial charge on any atom is -0.352 e. The highest BCUT2D eigenvalue weighted by atomic mass is 35.5. The molecule has 5 heteroatoms. The van der Waals surface area contributed by atoms with E-state index in [0.717, 1.165) is 23.4 Å². The fourth-order valence-electron chi connectivity index (χ4n) is 2.68. The van der Waals surface area contributed by atoms with Crippen molar-refractivity contribution in [3.63, 3.8) is 0 Å². The number of carbonyl (C=O) groups is 1. The molecule has 0 aliphatic heterocycles. The largest absolute Gasteiger partial charge is 0.352 e. The van der Waals surface area contributed by atoms with Crippen LogP contribution in [0, 0.1) is 12.8 Å². The number of halogens is 1. The Labute approximate surface area is 154 Å². The van der Waals surface area contributed by atoms with E-state index in [1.807, 2.05) is 31.2 Å². The molecule has 1 aromatic heterocycles. The summed E-state index contributed by atoms with van der Waals surface area (Å²) in [5, 5.41) is 7.00. The summed E-state index contributed by atoms with van der Waals surface area (Å²) in [4.78, 5) is 16.9. The van der Waals surface area contributed by atoms with Crippen molar-refractivity contribution in [1.29, 1.82) is 0 Å². The normalized spacial score (nSPS) is 13.8. The molecule has 1 fully saturated rings. The van der Waals surface area contributed by atoms with Gasteiger partial charge in [-0.15, -0.1) is 0 Å². The molecule has 1 aliphatic carbocycles. The van der Waals surface area contributed by atoms with Gasteiger partial charge in [0.25, 0.3) is 5.91 Å². The summed E-state index contributed by atoms with van der Waals surface area (Å²) < 4.78 is 0. The molecule has 0 radical (unpaired) electrons. The van der Waals surface area contributed by atoms with Crippen LogP contribution in [0.25, 0.3) is 0 Å². The Morgan fingerprint density at radius 2 is 2.08 bits per heavy atom. The van der Waals surface area contributed by atoms with Gasteiger partial charge in [-0.2, -0.15) is 0 Å². The summed E-state index contributed by atoms with van der Waals surface area (Å²) in [5.74, 6) is 1.56. The van der Waals surface area contributed by atoms with E-state index in [4.69, 9.17) is 11.6 Å². The number of hydrogen-bond donors (Lipinski definition) is 2. The topological polar surface area (TPSA) is 54.0 Å². The lowest BCUT2D eigenvalue weighted by molar-refractivity contribution is 0.0950. The molecule has 0 saturated heterocycles. The van der Waals surface area contributed by atoms with Crippen LogP contribution in [0.1, 0.15) is 54.1 Å². The first-order chi connectivity index (χ1) is 11.9. The molecule has 2 aromatic rings. The molecular weight excluding hydrogens is 334 g/mol. The lowest BCUT2D eigenvalue weighted by Gasteiger charge is -2.15. The minimum atomic E-state index is -0.0342. The van der Waals surface area contributed by atoms with Gasteiger partial charge >= 0.3 is 0 Å². The molecule has 1 heterocycles. The Balaban J connectivity index is 1.79. The van der Waals surface area contributed by atoms with E-state index >= 15 is 0 Å². The van der Waals surface area contributed by atoms with Crippen molar-refractivity contribution >= 4 is 29.0 Å². The molecule has 1 aliphatic rings. The predicted octanol–water partition coefficient (Wildman–Crippen LogP) is 5.05. The average Bonchev–Trinajstić information content (AvgIpc) is 3.40. The molecule has 0 unspecified atom stereocenters. The molecule has 0 atom stereocenters. The van der Waals surface area contributed by atoms with Crippen LogP contribution in [-0.2, 0) is 0 Å². The summed E-state index contributed by atoms with van der Waals surface area (Å²) >= 11 is 6.18. The first-order valence-electron chi connectivity index (χ1n) is 8.75. The van der Waals surface area contributed by atoms with Gasteiger partial charge in [0.2, 0.25) is 0 Å². The molecule has 25 heavy (non-hydrogen) atoms. The summed E-state index contributed by atoms with van der Waals surface area (Å²) in [6.45, 7) is 6.90. The Morgan fingerprint density at radius 1 is 1.32 bits per heavy atom. The Kier molecular flexibility index (Phi) is 5.28. The Bertz CT molecular complexity index is 785. The Hall–Kier alpha value is -2.07. The zero-order valence-electron chi connectivity index (χ0n) is 14.9. The van der Waals surface area contributed by atoms with Gasteiger partial charge < -0.3 is 10.6 Å². The maximum absolute atomic E-state index is 12.5. The van der Waals surface area contributed by atoms with Gasteiger partial charge in [0.05, 0.1) is 5.56 Å². The molecule has 3 rings (SSSR count). The van der Waals surface area contributed by atoms with Gasteiger partial charge in [-0.05, 0) is 60.9 Å². The van der Waals surface area contributed by atoms with Gasteiger partial charge in [-0.3, -0.25) is 4.79 Å². The van der Waals surface area contributed by atoms with Crippen LogP contribution in [0.5, 0.6) is 0 Å². The highest BCUT2D eigenvalue weighted by Crippen LogP contribution is 2.28. The van der Waals surface area contributed by atoms with Crippen LogP contribution in [0.15, 0.2) is 30.5 Å². The second-order valence-corrected chi connectivity index (χ2v) is 7.46. The van der Waals surface area contributed by atoms with Gasteiger partial charge in [-0.25, -0.2) is 4.98 Å². The fourth-order valence-corrected chi connectivity index (χ4v) is 2.86. The predicted molar refractivity (Wildman–Crippen MR) is 103 cm³/mol. The third kappa shape index (κ3) is 4.51. The fraction of sp³-hybridized carbons (Fsp3) is 0.400. The van der Waals surface area contributed by atoms with Crippen LogP contribution >= 0.6 is 11.6 Å². The van der Waals surface area contributed by atoms with Crippen LogP contribution in [0.3, 0.4) is 0 Å². The third-order valence-electron chi connectivity index (χ3n) is 4.50. The van der Waals surface area contributed by atoms with E-state index in [1.165, 1.54) is 12.8 Å². The monoisotopic (exact) mass is 357 g/mol. The van der Waals surface area contributed by atoms with Crippen LogP contribution in [0.4, 0.5) is 11.5 Å². The second kappa shape index (κ2) is 7.44. The van der Waals surface area contributed by atoms with Crippen molar-refractivity contribution in [2.75, 3.05) is 11.9 Å². The maximum atomic E-state index is 12.5. The number of amides is 1. The molecule has 0 spiro atoms. The molecule has 4 nitrogen and oxygen atoms in total. The number of anilines is 2. The number of nitrogens with one attached hydrogen (secondary N) is 2. The number of pyridine rings is 1. The minimum absolute atomic E-state index is 0.0342. The lowest BCUT2D eigenvalue weighted by Crippen LogP contribution is -2.27. The van der Waals surface area contributed by atoms with Gasteiger partial charge in [0.15, 0.2) is 0 Å². The molecule has 1 amide bonds. The summed E-state index contributed by atoms with van der Waals surface area (Å²) in [6.07, 6.45) is 4.10. The van der Waals surface area contributed by atoms with Crippen LogP contribution < -0.4 is 10.6 Å². The molecule has 1 saturated carbocycles. The van der Waals surface area contributed by atoms with Crippen molar-refractivity contribution in [2.24, 2.45) is 5.92 Å². The van der Waals surface area contributed by atoms with Gasteiger partial charge in [0.1, 0.15) is 5.82 Å². The number of aryl methyl sites for hydroxylation is 1. The zero-order chi connectivity index (χ0) is 18.0. The molecule has 132 valence electrons. The van der Waals surface area contributed by atoms with Gasteiger partial charge in [-0.1, -0.05) is 31.5 Å². The van der Waals surface area contributed by atoms with Crippen molar-refractivity contribution in [3.05, 3.63) is 52.2 Å². The Morgan fingerprint density at radius 3 is 2.72 bits per heavy atom.